The molecule has 0 bridgehead atoms. The average Bonchev–Trinajstić information content (AvgIpc) is 2.20. The van der Waals surface area contributed by atoms with Crippen LogP contribution in [0.2, 0.25) is 0 Å². The zero-order valence-electron chi connectivity index (χ0n) is 8.12. The topological polar surface area (TPSA) is 30.2 Å². The van der Waals surface area contributed by atoms with Crippen LogP contribution in [0.15, 0.2) is 39.7 Å². The van der Waals surface area contributed by atoms with E-state index in [4.69, 9.17) is 4.42 Å². The number of para-hydroxylation sites is 1. The Balaban J connectivity index is 2.75. The van der Waals surface area contributed by atoms with Gasteiger partial charge in [-0.15, -0.1) is 0 Å². The van der Waals surface area contributed by atoms with Crippen molar-refractivity contribution in [2.75, 3.05) is 0 Å². The molecule has 0 unspecified atom stereocenters. The van der Waals surface area contributed by atoms with Crippen molar-refractivity contribution >= 4 is 11.0 Å². The molecule has 14 heavy (non-hydrogen) atoms. The Morgan fingerprint density at radius 2 is 2.14 bits per heavy atom. The van der Waals surface area contributed by atoms with Crippen molar-refractivity contribution in [3.05, 3.63) is 46.3 Å². The third-order valence-corrected chi connectivity index (χ3v) is 2.29. The summed E-state index contributed by atoms with van der Waals surface area (Å²) < 4.78 is 5.38. The van der Waals surface area contributed by atoms with Crippen molar-refractivity contribution in [1.82, 2.24) is 0 Å². The second-order valence-electron chi connectivity index (χ2n) is 3.33. The summed E-state index contributed by atoms with van der Waals surface area (Å²) >= 11 is 0. The van der Waals surface area contributed by atoms with E-state index in [-0.39, 0.29) is 5.43 Å². The second-order valence-corrected chi connectivity index (χ2v) is 3.33. The number of rotatable bonds is 2. The third-order valence-electron chi connectivity index (χ3n) is 2.29. The fourth-order valence-electron chi connectivity index (χ4n) is 1.64. The van der Waals surface area contributed by atoms with E-state index in [9.17, 15) is 4.79 Å². The molecule has 1 aromatic heterocycles. The van der Waals surface area contributed by atoms with E-state index in [2.05, 4.69) is 6.92 Å². The minimum atomic E-state index is 0.0317. The molecular formula is C12H12O2. The zero-order chi connectivity index (χ0) is 9.97. The molecule has 0 amide bonds. The zero-order valence-corrected chi connectivity index (χ0v) is 8.12. The highest BCUT2D eigenvalue weighted by Crippen LogP contribution is 2.16. The molecule has 2 rings (SSSR count). The Labute approximate surface area is 82.2 Å². The molecule has 72 valence electrons. The number of hydrogen-bond donors (Lipinski definition) is 0. The first-order chi connectivity index (χ1) is 6.83. The van der Waals surface area contributed by atoms with E-state index in [0.717, 1.165) is 24.0 Å². The third kappa shape index (κ3) is 1.43. The molecule has 0 aliphatic heterocycles. The summed E-state index contributed by atoms with van der Waals surface area (Å²) in [4.78, 5) is 11.5. The first-order valence-corrected chi connectivity index (χ1v) is 4.82. The summed E-state index contributed by atoms with van der Waals surface area (Å²) in [6.45, 7) is 2.11. The Kier molecular flexibility index (Phi) is 2.35. The van der Waals surface area contributed by atoms with Crippen LogP contribution in [0.25, 0.3) is 11.0 Å². The lowest BCUT2D eigenvalue weighted by Gasteiger charge is -2.02. The minimum absolute atomic E-state index is 0.0317. The SMILES string of the molecule is CCCc1cccc2c(=O)ccoc12. The molecule has 0 saturated carbocycles. The van der Waals surface area contributed by atoms with Crippen molar-refractivity contribution in [2.45, 2.75) is 19.8 Å². The van der Waals surface area contributed by atoms with Crippen molar-refractivity contribution < 1.29 is 4.42 Å². The molecule has 0 fully saturated rings. The summed E-state index contributed by atoms with van der Waals surface area (Å²) in [5, 5.41) is 0.679. The van der Waals surface area contributed by atoms with Crippen molar-refractivity contribution in [2.24, 2.45) is 0 Å². The van der Waals surface area contributed by atoms with Gasteiger partial charge in [-0.1, -0.05) is 25.5 Å². The van der Waals surface area contributed by atoms with Gasteiger partial charge >= 0.3 is 0 Å². The Hall–Kier alpha value is -1.57. The highest BCUT2D eigenvalue weighted by Gasteiger charge is 2.03. The van der Waals surface area contributed by atoms with Crippen LogP contribution in [0.4, 0.5) is 0 Å². The van der Waals surface area contributed by atoms with Gasteiger partial charge < -0.3 is 4.42 Å². The summed E-state index contributed by atoms with van der Waals surface area (Å²) in [5.41, 5.74) is 1.88. The first kappa shape index (κ1) is 9.00. The molecule has 0 radical (unpaired) electrons. The summed E-state index contributed by atoms with van der Waals surface area (Å²) in [7, 11) is 0. The predicted octanol–water partition coefficient (Wildman–Crippen LogP) is 2.75. The summed E-state index contributed by atoms with van der Waals surface area (Å²) in [6, 6.07) is 7.18. The van der Waals surface area contributed by atoms with Gasteiger partial charge in [0.15, 0.2) is 5.43 Å². The molecule has 0 N–H and O–H groups in total. The largest absolute Gasteiger partial charge is 0.464 e. The molecule has 2 nitrogen and oxygen atoms in total. The van der Waals surface area contributed by atoms with E-state index in [1.54, 1.807) is 6.07 Å². The maximum absolute atomic E-state index is 11.5. The predicted molar refractivity (Wildman–Crippen MR) is 56.5 cm³/mol. The normalized spacial score (nSPS) is 10.6. The lowest BCUT2D eigenvalue weighted by Crippen LogP contribution is -1.99. The molecule has 0 aliphatic carbocycles. The number of fused-ring (bicyclic) bond motifs is 1. The highest BCUT2D eigenvalue weighted by atomic mass is 16.3. The van der Waals surface area contributed by atoms with Gasteiger partial charge in [-0.3, -0.25) is 4.79 Å². The maximum Gasteiger partial charge on any atom is 0.192 e. The fraction of sp³-hybridized carbons (Fsp3) is 0.250. The van der Waals surface area contributed by atoms with E-state index in [0.29, 0.717) is 5.39 Å². The second kappa shape index (κ2) is 3.66. The quantitative estimate of drug-likeness (QED) is 0.725. The van der Waals surface area contributed by atoms with Crippen LogP contribution in [0.3, 0.4) is 0 Å². The monoisotopic (exact) mass is 188 g/mol. The molecular weight excluding hydrogens is 176 g/mol. The Morgan fingerprint density at radius 3 is 2.93 bits per heavy atom. The molecule has 0 spiro atoms. The summed E-state index contributed by atoms with van der Waals surface area (Å²) in [6.07, 6.45) is 3.46. The van der Waals surface area contributed by atoms with Crippen LogP contribution in [0.1, 0.15) is 18.9 Å². The van der Waals surface area contributed by atoms with E-state index in [1.807, 2.05) is 12.1 Å². The van der Waals surface area contributed by atoms with Gasteiger partial charge in [0.05, 0.1) is 11.6 Å². The van der Waals surface area contributed by atoms with Gasteiger partial charge in [-0.25, -0.2) is 0 Å². The average molecular weight is 188 g/mol. The van der Waals surface area contributed by atoms with E-state index in [1.165, 1.54) is 12.3 Å². The summed E-state index contributed by atoms with van der Waals surface area (Å²) in [5.74, 6) is 0. The molecule has 0 saturated heterocycles. The van der Waals surface area contributed by atoms with Gasteiger partial charge in [0, 0.05) is 6.07 Å². The van der Waals surface area contributed by atoms with E-state index >= 15 is 0 Å². The molecule has 0 atom stereocenters. The van der Waals surface area contributed by atoms with Crippen LogP contribution < -0.4 is 5.43 Å². The maximum atomic E-state index is 11.5. The lowest BCUT2D eigenvalue weighted by molar-refractivity contribution is 0.597. The van der Waals surface area contributed by atoms with Gasteiger partial charge in [0.1, 0.15) is 5.58 Å². The van der Waals surface area contributed by atoms with Crippen LogP contribution >= 0.6 is 0 Å². The molecule has 2 aromatic rings. The fourth-order valence-corrected chi connectivity index (χ4v) is 1.64. The van der Waals surface area contributed by atoms with Crippen LogP contribution in [-0.2, 0) is 6.42 Å². The van der Waals surface area contributed by atoms with Gasteiger partial charge in [0.2, 0.25) is 0 Å². The van der Waals surface area contributed by atoms with Gasteiger partial charge in [-0.05, 0) is 18.1 Å². The molecule has 0 aliphatic rings. The van der Waals surface area contributed by atoms with E-state index < -0.39 is 0 Å². The highest BCUT2D eigenvalue weighted by molar-refractivity contribution is 5.79. The number of benzene rings is 1. The molecule has 1 aromatic carbocycles. The standard InChI is InChI=1S/C12H12O2/c1-2-4-9-5-3-6-10-11(13)7-8-14-12(9)10/h3,5-8H,2,4H2,1H3. The van der Waals surface area contributed by atoms with Crippen molar-refractivity contribution in [3.8, 4) is 0 Å². The van der Waals surface area contributed by atoms with Crippen LogP contribution in [-0.4, -0.2) is 0 Å². The molecule has 2 heteroatoms. The lowest BCUT2D eigenvalue weighted by atomic mass is 10.1. The molecule has 1 heterocycles. The Morgan fingerprint density at radius 1 is 1.29 bits per heavy atom. The van der Waals surface area contributed by atoms with Crippen LogP contribution in [0.5, 0.6) is 0 Å². The van der Waals surface area contributed by atoms with Crippen LogP contribution in [0, 0.1) is 0 Å². The Bertz CT molecular complexity index is 497. The smallest absolute Gasteiger partial charge is 0.192 e. The first-order valence-electron chi connectivity index (χ1n) is 4.82. The number of hydrogen-bond acceptors (Lipinski definition) is 2. The number of aryl methyl sites for hydroxylation is 1. The van der Waals surface area contributed by atoms with Crippen molar-refractivity contribution in [1.29, 1.82) is 0 Å². The van der Waals surface area contributed by atoms with Crippen molar-refractivity contribution in [3.63, 3.8) is 0 Å². The van der Waals surface area contributed by atoms with Gasteiger partial charge in [0.25, 0.3) is 0 Å². The van der Waals surface area contributed by atoms with Gasteiger partial charge in [-0.2, -0.15) is 0 Å². The minimum Gasteiger partial charge on any atom is -0.464 e.